The van der Waals surface area contributed by atoms with E-state index in [1.165, 1.54) is 17.3 Å². The lowest BCUT2D eigenvalue weighted by Gasteiger charge is -2.15. The molecule has 0 aliphatic rings. The molecule has 4 rings (SSSR count). The number of benzene rings is 1. The van der Waals surface area contributed by atoms with Gasteiger partial charge in [-0.05, 0) is 48.9 Å². The van der Waals surface area contributed by atoms with Crippen molar-refractivity contribution in [2.24, 2.45) is 0 Å². The Kier molecular flexibility index (Phi) is 3.84. The first kappa shape index (κ1) is 15.9. The molecule has 0 aliphatic carbocycles. The zero-order valence-electron chi connectivity index (χ0n) is 14.6. The van der Waals surface area contributed by atoms with Crippen LogP contribution in [0.3, 0.4) is 0 Å². The van der Waals surface area contributed by atoms with Crippen LogP contribution >= 0.6 is 11.8 Å². The third kappa shape index (κ3) is 2.44. The molecule has 0 aliphatic heterocycles. The Labute approximate surface area is 150 Å². The molecule has 0 bridgehead atoms. The first-order valence-electron chi connectivity index (χ1n) is 7.95. The van der Waals surface area contributed by atoms with Gasteiger partial charge < -0.3 is 4.74 Å². The van der Waals surface area contributed by atoms with Crippen LogP contribution in [0.4, 0.5) is 0 Å². The zero-order chi connectivity index (χ0) is 17.6. The van der Waals surface area contributed by atoms with E-state index in [0.29, 0.717) is 0 Å². The van der Waals surface area contributed by atoms with E-state index in [4.69, 9.17) is 4.74 Å². The van der Waals surface area contributed by atoms with Gasteiger partial charge in [0, 0.05) is 29.5 Å². The predicted octanol–water partition coefficient (Wildman–Crippen LogP) is 4.29. The van der Waals surface area contributed by atoms with Gasteiger partial charge in [-0.3, -0.25) is 4.40 Å². The van der Waals surface area contributed by atoms with Crippen LogP contribution in [0.25, 0.3) is 27.8 Å². The molecule has 0 atom stereocenters. The molecule has 3 aromatic heterocycles. The summed E-state index contributed by atoms with van der Waals surface area (Å²) in [6.45, 7) is 4.19. The molecule has 5 nitrogen and oxygen atoms in total. The molecule has 0 saturated carbocycles. The fraction of sp³-hybridized carbons (Fsp3) is 0.211. The molecule has 4 aromatic rings. The van der Waals surface area contributed by atoms with Crippen molar-refractivity contribution in [3.63, 3.8) is 0 Å². The minimum atomic E-state index is 0.754. The molecule has 126 valence electrons. The van der Waals surface area contributed by atoms with Crippen molar-refractivity contribution >= 4 is 28.4 Å². The molecule has 0 saturated heterocycles. The zero-order valence-corrected chi connectivity index (χ0v) is 15.4. The minimum absolute atomic E-state index is 0.754. The number of hydrogen-bond acceptors (Lipinski definition) is 5. The molecule has 0 N–H and O–H groups in total. The molecule has 1 aromatic carbocycles. The highest BCUT2D eigenvalue weighted by atomic mass is 32.2. The molecule has 0 spiro atoms. The number of methoxy groups -OCH3 is 1. The Bertz CT molecular complexity index is 1100. The van der Waals surface area contributed by atoms with Gasteiger partial charge in [-0.1, -0.05) is 17.8 Å². The molecule has 6 heteroatoms. The van der Waals surface area contributed by atoms with Crippen LogP contribution in [0.5, 0.6) is 5.75 Å². The average molecular weight is 350 g/mol. The van der Waals surface area contributed by atoms with Crippen LogP contribution in [0.2, 0.25) is 0 Å². The van der Waals surface area contributed by atoms with E-state index >= 15 is 0 Å². The number of imidazole rings is 1. The number of nitrogens with zero attached hydrogens (tertiary/aromatic N) is 4. The van der Waals surface area contributed by atoms with Gasteiger partial charge in [0.15, 0.2) is 5.16 Å². The van der Waals surface area contributed by atoms with Gasteiger partial charge >= 0.3 is 0 Å². The van der Waals surface area contributed by atoms with E-state index in [-0.39, 0.29) is 0 Å². The lowest BCUT2D eigenvalue weighted by Crippen LogP contribution is -1.99. The number of aryl methyl sites for hydroxylation is 1. The Hall–Kier alpha value is -2.60. The Morgan fingerprint density at radius 2 is 1.96 bits per heavy atom. The first-order valence-corrected chi connectivity index (χ1v) is 9.18. The Morgan fingerprint density at radius 3 is 2.72 bits per heavy atom. The normalized spacial score (nSPS) is 11.4. The molecular weight excluding hydrogens is 332 g/mol. The van der Waals surface area contributed by atoms with Crippen molar-refractivity contribution in [1.82, 2.24) is 19.4 Å². The second-order valence-corrected chi connectivity index (χ2v) is 6.67. The maximum absolute atomic E-state index is 5.52. The lowest BCUT2D eigenvalue weighted by molar-refractivity contribution is 0.412. The van der Waals surface area contributed by atoms with Crippen LogP contribution < -0.4 is 4.74 Å². The average Bonchev–Trinajstić information content (AvgIpc) is 3.12. The summed E-state index contributed by atoms with van der Waals surface area (Å²) in [5, 5.41) is 1.74. The number of fused-ring (bicyclic) bond motifs is 3. The Morgan fingerprint density at radius 1 is 1.12 bits per heavy atom. The van der Waals surface area contributed by atoms with Crippen LogP contribution in [0.1, 0.15) is 11.1 Å². The van der Waals surface area contributed by atoms with E-state index in [2.05, 4.69) is 40.9 Å². The lowest BCUT2D eigenvalue weighted by atomic mass is 9.95. The SMILES string of the molecule is COc1ccc(C)c(-c2cc3cnc(SC)nc3n3ccnc23)c1C. The molecule has 25 heavy (non-hydrogen) atoms. The van der Waals surface area contributed by atoms with E-state index in [1.54, 1.807) is 7.11 Å². The smallest absolute Gasteiger partial charge is 0.189 e. The second-order valence-electron chi connectivity index (χ2n) is 5.90. The van der Waals surface area contributed by atoms with Crippen LogP contribution in [0.15, 0.2) is 41.9 Å². The van der Waals surface area contributed by atoms with Crippen molar-refractivity contribution < 1.29 is 4.74 Å². The minimum Gasteiger partial charge on any atom is -0.496 e. The summed E-state index contributed by atoms with van der Waals surface area (Å²) in [4.78, 5) is 13.7. The summed E-state index contributed by atoms with van der Waals surface area (Å²) >= 11 is 1.53. The first-order chi connectivity index (χ1) is 12.1. The van der Waals surface area contributed by atoms with Crippen molar-refractivity contribution in [2.75, 3.05) is 13.4 Å². The van der Waals surface area contributed by atoms with Gasteiger partial charge in [-0.2, -0.15) is 0 Å². The maximum Gasteiger partial charge on any atom is 0.189 e. The van der Waals surface area contributed by atoms with Gasteiger partial charge in [0.2, 0.25) is 0 Å². The standard InChI is InChI=1S/C19H18N4OS/c1-11-5-6-15(24-3)12(2)16(11)14-9-13-10-21-19(25-4)22-17(13)23-8-7-20-18(14)23/h5-10H,1-4H3. The van der Waals surface area contributed by atoms with Gasteiger partial charge in [0.1, 0.15) is 17.0 Å². The monoisotopic (exact) mass is 350 g/mol. The highest BCUT2D eigenvalue weighted by Gasteiger charge is 2.17. The van der Waals surface area contributed by atoms with E-state index in [0.717, 1.165) is 44.3 Å². The number of hydrogen-bond donors (Lipinski definition) is 0. The summed E-state index contributed by atoms with van der Waals surface area (Å²) in [5.41, 5.74) is 6.25. The predicted molar refractivity (Wildman–Crippen MR) is 102 cm³/mol. The number of pyridine rings is 1. The van der Waals surface area contributed by atoms with Crippen molar-refractivity contribution in [3.8, 4) is 16.9 Å². The number of rotatable bonds is 3. The van der Waals surface area contributed by atoms with Crippen LogP contribution in [0, 0.1) is 13.8 Å². The number of aromatic nitrogens is 4. The number of ether oxygens (including phenoxy) is 1. The summed E-state index contributed by atoms with van der Waals surface area (Å²) in [5.74, 6) is 0.874. The van der Waals surface area contributed by atoms with Gasteiger partial charge in [0.05, 0.1) is 7.11 Å². The molecule has 3 heterocycles. The topological polar surface area (TPSA) is 52.3 Å². The maximum atomic E-state index is 5.52. The molecule has 0 radical (unpaired) electrons. The van der Waals surface area contributed by atoms with Crippen LogP contribution in [-0.4, -0.2) is 32.7 Å². The van der Waals surface area contributed by atoms with E-state index < -0.39 is 0 Å². The van der Waals surface area contributed by atoms with Gasteiger partial charge in [-0.15, -0.1) is 0 Å². The fourth-order valence-electron chi connectivity index (χ4n) is 3.30. The highest BCUT2D eigenvalue weighted by molar-refractivity contribution is 7.98. The van der Waals surface area contributed by atoms with Gasteiger partial charge in [-0.25, -0.2) is 15.0 Å². The van der Waals surface area contributed by atoms with Crippen molar-refractivity contribution in [2.45, 2.75) is 19.0 Å². The summed E-state index contributed by atoms with van der Waals surface area (Å²) in [6.07, 6.45) is 7.61. The number of thioether (sulfide) groups is 1. The quantitative estimate of drug-likeness (QED) is 0.407. The third-order valence-electron chi connectivity index (χ3n) is 4.48. The van der Waals surface area contributed by atoms with E-state index in [1.807, 2.05) is 35.3 Å². The van der Waals surface area contributed by atoms with Crippen LogP contribution in [-0.2, 0) is 0 Å². The summed E-state index contributed by atoms with van der Waals surface area (Å²) in [6, 6.07) is 6.21. The van der Waals surface area contributed by atoms with Gasteiger partial charge in [0.25, 0.3) is 0 Å². The molecule has 0 amide bonds. The van der Waals surface area contributed by atoms with E-state index in [9.17, 15) is 0 Å². The molecule has 0 unspecified atom stereocenters. The van der Waals surface area contributed by atoms with Crippen molar-refractivity contribution in [3.05, 3.63) is 47.9 Å². The largest absolute Gasteiger partial charge is 0.496 e. The summed E-state index contributed by atoms with van der Waals surface area (Å²) in [7, 11) is 1.70. The van der Waals surface area contributed by atoms with Crippen molar-refractivity contribution in [1.29, 1.82) is 0 Å². The summed E-state index contributed by atoms with van der Waals surface area (Å²) < 4.78 is 7.55. The highest BCUT2D eigenvalue weighted by Crippen LogP contribution is 2.36. The Balaban J connectivity index is 2.11. The molecular formula is C19H18N4OS. The second kappa shape index (κ2) is 6.04. The third-order valence-corrected chi connectivity index (χ3v) is 5.04. The molecule has 0 fully saturated rings. The fourth-order valence-corrected chi connectivity index (χ4v) is 3.64.